The molecule has 4 nitrogen and oxygen atoms in total. The molecule has 1 aliphatic heterocycles. The van der Waals surface area contributed by atoms with E-state index in [1.54, 1.807) is 32.0 Å². The molecular formula is C15H12Cl2N2O2. The van der Waals surface area contributed by atoms with E-state index in [1.807, 2.05) is 0 Å². The lowest BCUT2D eigenvalue weighted by atomic mass is 9.81. The zero-order chi connectivity index (χ0) is 15.7. The van der Waals surface area contributed by atoms with Crippen LogP contribution in [0.15, 0.2) is 40.7 Å². The van der Waals surface area contributed by atoms with Crippen LogP contribution >= 0.6 is 23.2 Å². The predicted molar refractivity (Wildman–Crippen MR) is 81.0 cm³/mol. The van der Waals surface area contributed by atoms with Gasteiger partial charge in [0.05, 0.1) is 33.2 Å². The molecule has 0 spiro atoms. The number of carbonyl (C=O) groups is 1. The number of aliphatic carboxylic acids is 1. The molecule has 6 heteroatoms. The number of nitrogens with zero attached hydrogens (tertiary/aromatic N) is 1. The summed E-state index contributed by atoms with van der Waals surface area (Å²) in [5.41, 5.74) is 2.03. The molecule has 108 valence electrons. The van der Waals surface area contributed by atoms with Crippen LogP contribution in [0.4, 0.5) is 0 Å². The van der Waals surface area contributed by atoms with E-state index < -0.39 is 11.9 Å². The first kappa shape index (κ1) is 15.4. The van der Waals surface area contributed by atoms with Crippen LogP contribution in [0.3, 0.4) is 0 Å². The van der Waals surface area contributed by atoms with Gasteiger partial charge in [-0.3, -0.25) is 0 Å². The van der Waals surface area contributed by atoms with Gasteiger partial charge in [-0.15, -0.1) is 0 Å². The second-order valence-corrected chi connectivity index (χ2v) is 5.48. The fourth-order valence-corrected chi connectivity index (χ4v) is 2.90. The number of nitrogens with one attached hydrogen (secondary N) is 1. The summed E-state index contributed by atoms with van der Waals surface area (Å²) in [7, 11) is 0. The van der Waals surface area contributed by atoms with Crippen molar-refractivity contribution < 1.29 is 9.90 Å². The summed E-state index contributed by atoms with van der Waals surface area (Å²) < 4.78 is 0. The predicted octanol–water partition coefficient (Wildman–Crippen LogP) is 3.84. The van der Waals surface area contributed by atoms with E-state index in [-0.39, 0.29) is 10.6 Å². The zero-order valence-electron chi connectivity index (χ0n) is 11.4. The smallest absolute Gasteiger partial charge is 0.334 e. The minimum absolute atomic E-state index is 0.0984. The van der Waals surface area contributed by atoms with Crippen molar-refractivity contribution in [2.24, 2.45) is 0 Å². The molecule has 0 saturated carbocycles. The Hall–Kier alpha value is -1.96. The number of carboxylic acid groups (broad SMARTS) is 1. The number of nitriles is 1. The number of hydrogen-bond donors (Lipinski definition) is 2. The van der Waals surface area contributed by atoms with Crippen LogP contribution in [-0.4, -0.2) is 11.1 Å². The number of hydrogen-bond acceptors (Lipinski definition) is 3. The average Bonchev–Trinajstić information content (AvgIpc) is 2.40. The van der Waals surface area contributed by atoms with Gasteiger partial charge in [0.25, 0.3) is 0 Å². The minimum atomic E-state index is -1.10. The van der Waals surface area contributed by atoms with Crippen LogP contribution in [0.5, 0.6) is 0 Å². The molecule has 21 heavy (non-hydrogen) atoms. The summed E-state index contributed by atoms with van der Waals surface area (Å²) in [5, 5.41) is 22.4. The number of carboxylic acids is 1. The first-order valence-electron chi connectivity index (χ1n) is 6.14. The van der Waals surface area contributed by atoms with Crippen molar-refractivity contribution in [2.75, 3.05) is 0 Å². The molecule has 0 aromatic heterocycles. The molecule has 0 radical (unpaired) electrons. The summed E-state index contributed by atoms with van der Waals surface area (Å²) in [6, 6.07) is 7.06. The van der Waals surface area contributed by atoms with Gasteiger partial charge in [-0.05, 0) is 25.5 Å². The van der Waals surface area contributed by atoms with Gasteiger partial charge in [0, 0.05) is 11.4 Å². The molecule has 1 heterocycles. The standard InChI is InChI=1S/C15H12Cl2N2O2/c1-7-10(6-18)13(12(15(20)21)8(2)19-7)9-4-3-5-11(16)14(9)17/h3-5,13,19H,1-2H3,(H,20,21). The average molecular weight is 323 g/mol. The molecule has 2 N–H and O–H groups in total. The Morgan fingerprint density at radius 1 is 1.33 bits per heavy atom. The molecule has 0 amide bonds. The summed E-state index contributed by atoms with van der Waals surface area (Å²) in [5.74, 6) is -1.83. The highest BCUT2D eigenvalue weighted by Gasteiger charge is 2.34. The lowest BCUT2D eigenvalue weighted by molar-refractivity contribution is -0.133. The van der Waals surface area contributed by atoms with Crippen LogP contribution < -0.4 is 5.32 Å². The number of halogens is 2. The van der Waals surface area contributed by atoms with Crippen molar-refractivity contribution in [3.05, 3.63) is 56.3 Å². The maximum absolute atomic E-state index is 11.6. The summed E-state index contributed by atoms with van der Waals surface area (Å²) in [6.07, 6.45) is 0. The van der Waals surface area contributed by atoms with E-state index in [0.717, 1.165) is 0 Å². The van der Waals surface area contributed by atoms with Crippen LogP contribution in [-0.2, 0) is 4.79 Å². The van der Waals surface area contributed by atoms with Gasteiger partial charge in [-0.2, -0.15) is 5.26 Å². The molecule has 0 fully saturated rings. The molecule has 1 aromatic carbocycles. The van der Waals surface area contributed by atoms with Gasteiger partial charge in [0.1, 0.15) is 0 Å². The van der Waals surface area contributed by atoms with E-state index in [9.17, 15) is 15.2 Å². The topological polar surface area (TPSA) is 73.1 Å². The Morgan fingerprint density at radius 2 is 2.00 bits per heavy atom. The van der Waals surface area contributed by atoms with Gasteiger partial charge < -0.3 is 10.4 Å². The Bertz CT molecular complexity index is 730. The van der Waals surface area contributed by atoms with Crippen molar-refractivity contribution in [2.45, 2.75) is 19.8 Å². The molecule has 1 unspecified atom stereocenters. The van der Waals surface area contributed by atoms with E-state index in [4.69, 9.17) is 23.2 Å². The molecule has 0 saturated heterocycles. The second kappa shape index (κ2) is 5.80. The first-order chi connectivity index (χ1) is 9.88. The van der Waals surface area contributed by atoms with Gasteiger partial charge in [0.15, 0.2) is 0 Å². The Kier molecular flexibility index (Phi) is 4.26. The van der Waals surface area contributed by atoms with Gasteiger partial charge in [-0.1, -0.05) is 35.3 Å². The van der Waals surface area contributed by atoms with Crippen LogP contribution in [0.2, 0.25) is 10.0 Å². The molecule has 1 atom stereocenters. The number of allylic oxidation sites excluding steroid dienone is 3. The van der Waals surface area contributed by atoms with Crippen molar-refractivity contribution in [1.82, 2.24) is 5.32 Å². The lowest BCUT2D eigenvalue weighted by Crippen LogP contribution is -2.27. The van der Waals surface area contributed by atoms with Gasteiger partial charge >= 0.3 is 5.97 Å². The van der Waals surface area contributed by atoms with E-state index in [0.29, 0.717) is 27.6 Å². The van der Waals surface area contributed by atoms with E-state index in [2.05, 4.69) is 11.4 Å². The third-order valence-electron chi connectivity index (χ3n) is 3.40. The molecule has 0 bridgehead atoms. The van der Waals surface area contributed by atoms with Crippen molar-refractivity contribution >= 4 is 29.2 Å². The second-order valence-electron chi connectivity index (χ2n) is 4.70. The van der Waals surface area contributed by atoms with Crippen LogP contribution in [0.25, 0.3) is 0 Å². The maximum Gasteiger partial charge on any atom is 0.334 e. The van der Waals surface area contributed by atoms with E-state index >= 15 is 0 Å². The number of rotatable bonds is 2. The quantitative estimate of drug-likeness (QED) is 0.867. The molecule has 2 rings (SSSR count). The number of benzene rings is 1. The normalized spacial score (nSPS) is 18.3. The number of dihydropyridines is 1. The SMILES string of the molecule is CC1=C(C#N)C(c2cccc(Cl)c2Cl)C(C(=O)O)=C(C)N1. The molecule has 0 aliphatic carbocycles. The molecule has 1 aromatic rings. The Balaban J connectivity index is 2.75. The zero-order valence-corrected chi connectivity index (χ0v) is 12.9. The first-order valence-corrected chi connectivity index (χ1v) is 6.90. The van der Waals surface area contributed by atoms with Crippen molar-refractivity contribution in [1.29, 1.82) is 5.26 Å². The highest BCUT2D eigenvalue weighted by Crippen LogP contribution is 2.42. The Labute approximate surface area is 132 Å². The summed E-state index contributed by atoms with van der Waals surface area (Å²) in [4.78, 5) is 11.6. The minimum Gasteiger partial charge on any atom is -0.478 e. The molecular weight excluding hydrogens is 311 g/mol. The third-order valence-corrected chi connectivity index (χ3v) is 4.24. The van der Waals surface area contributed by atoms with Gasteiger partial charge in [0.2, 0.25) is 0 Å². The fraction of sp³-hybridized carbons (Fsp3) is 0.200. The highest BCUT2D eigenvalue weighted by atomic mass is 35.5. The summed E-state index contributed by atoms with van der Waals surface area (Å²) in [6.45, 7) is 3.39. The van der Waals surface area contributed by atoms with Crippen LogP contribution in [0, 0.1) is 11.3 Å². The Morgan fingerprint density at radius 3 is 2.57 bits per heavy atom. The van der Waals surface area contributed by atoms with Crippen LogP contribution in [0.1, 0.15) is 25.3 Å². The van der Waals surface area contributed by atoms with Gasteiger partial charge in [-0.25, -0.2) is 4.79 Å². The van der Waals surface area contributed by atoms with Crippen molar-refractivity contribution in [3.8, 4) is 6.07 Å². The third kappa shape index (κ3) is 2.63. The monoisotopic (exact) mass is 322 g/mol. The summed E-state index contributed by atoms with van der Waals surface area (Å²) >= 11 is 12.2. The van der Waals surface area contributed by atoms with E-state index in [1.165, 1.54) is 0 Å². The fourth-order valence-electron chi connectivity index (χ4n) is 2.48. The van der Waals surface area contributed by atoms with Crippen molar-refractivity contribution in [3.63, 3.8) is 0 Å². The lowest BCUT2D eigenvalue weighted by Gasteiger charge is -2.28. The highest BCUT2D eigenvalue weighted by molar-refractivity contribution is 6.42. The molecule has 1 aliphatic rings. The largest absolute Gasteiger partial charge is 0.478 e. The maximum atomic E-state index is 11.6.